The molecule has 0 heterocycles. The summed E-state index contributed by atoms with van der Waals surface area (Å²) in [6, 6.07) is 9.78. The number of methoxy groups -OCH3 is 1. The number of hydrogen-bond acceptors (Lipinski definition) is 6. The van der Waals surface area contributed by atoms with E-state index in [0.717, 1.165) is 6.07 Å². The van der Waals surface area contributed by atoms with Gasteiger partial charge in [0.25, 0.3) is 15.7 Å². The van der Waals surface area contributed by atoms with Crippen LogP contribution in [0.5, 0.6) is 5.75 Å². The fourth-order valence-corrected chi connectivity index (χ4v) is 3.14. The third kappa shape index (κ3) is 4.30. The highest BCUT2D eigenvalue weighted by Crippen LogP contribution is 2.24. The number of halogens is 1. The fraction of sp³-hybridized carbons (Fsp3) is 0.0714. The van der Waals surface area contributed by atoms with E-state index < -0.39 is 14.9 Å². The molecule has 0 atom stereocenters. The fourth-order valence-electron chi connectivity index (χ4n) is 1.75. The van der Waals surface area contributed by atoms with Crippen LogP contribution in [0, 0.1) is 10.1 Å². The number of hydrazone groups is 1. The molecule has 0 spiro atoms. The van der Waals surface area contributed by atoms with Crippen molar-refractivity contribution in [2.45, 2.75) is 4.90 Å². The standard InChI is InChI=1S/C14H12BrN3O5S/c1-23-14-6-5-10(7-13(14)15)9-16-17-24(21,22)12-4-2-3-11(8-12)18(19)20/h2-9,17H,1H3/b16-9+. The van der Waals surface area contributed by atoms with Crippen LogP contribution in [0.25, 0.3) is 0 Å². The molecule has 0 aromatic heterocycles. The summed E-state index contributed by atoms with van der Waals surface area (Å²) < 4.78 is 30.0. The Kier molecular flexibility index (Phi) is 5.52. The Morgan fingerprint density at radius 1 is 1.29 bits per heavy atom. The van der Waals surface area contributed by atoms with Crippen LogP contribution in [0.15, 0.2) is 56.9 Å². The molecule has 0 aliphatic heterocycles. The van der Waals surface area contributed by atoms with Crippen molar-refractivity contribution in [2.75, 3.05) is 7.11 Å². The van der Waals surface area contributed by atoms with Crippen molar-refractivity contribution in [3.8, 4) is 5.75 Å². The van der Waals surface area contributed by atoms with Gasteiger partial charge in [-0.2, -0.15) is 13.5 Å². The molecule has 8 nitrogen and oxygen atoms in total. The molecule has 10 heteroatoms. The molecular weight excluding hydrogens is 402 g/mol. The third-order valence-corrected chi connectivity index (χ3v) is 4.74. The molecule has 0 bridgehead atoms. The van der Waals surface area contributed by atoms with E-state index in [2.05, 4.69) is 21.0 Å². The minimum absolute atomic E-state index is 0.246. The first kappa shape index (κ1) is 17.9. The lowest BCUT2D eigenvalue weighted by molar-refractivity contribution is -0.385. The largest absolute Gasteiger partial charge is 0.496 e. The monoisotopic (exact) mass is 413 g/mol. The van der Waals surface area contributed by atoms with E-state index >= 15 is 0 Å². The van der Waals surface area contributed by atoms with Gasteiger partial charge in [-0.1, -0.05) is 6.07 Å². The highest BCUT2D eigenvalue weighted by molar-refractivity contribution is 9.10. The number of non-ortho nitro benzene ring substituents is 1. The zero-order valence-electron chi connectivity index (χ0n) is 12.3. The van der Waals surface area contributed by atoms with Gasteiger partial charge in [0.2, 0.25) is 0 Å². The summed E-state index contributed by atoms with van der Waals surface area (Å²) in [5.74, 6) is 0.629. The van der Waals surface area contributed by atoms with Crippen molar-refractivity contribution in [1.82, 2.24) is 4.83 Å². The van der Waals surface area contributed by atoms with E-state index in [4.69, 9.17) is 4.74 Å². The van der Waals surface area contributed by atoms with Gasteiger partial charge in [-0.25, -0.2) is 4.83 Å². The molecule has 24 heavy (non-hydrogen) atoms. The first-order valence-corrected chi connectivity index (χ1v) is 8.74. The predicted octanol–water partition coefficient (Wildman–Crippen LogP) is 2.68. The van der Waals surface area contributed by atoms with Crippen LogP contribution in [-0.2, 0) is 10.0 Å². The van der Waals surface area contributed by atoms with Crippen LogP contribution >= 0.6 is 15.9 Å². The maximum atomic E-state index is 12.1. The smallest absolute Gasteiger partial charge is 0.276 e. The maximum absolute atomic E-state index is 12.1. The third-order valence-electron chi connectivity index (χ3n) is 2.90. The number of nitro groups is 1. The van der Waals surface area contributed by atoms with Gasteiger partial charge in [0.1, 0.15) is 5.75 Å². The SMILES string of the molecule is COc1ccc(/C=N/NS(=O)(=O)c2cccc([N+](=O)[O-])c2)cc1Br. The molecule has 2 aromatic rings. The highest BCUT2D eigenvalue weighted by Gasteiger charge is 2.16. The second-order valence-electron chi connectivity index (χ2n) is 4.50. The average molecular weight is 414 g/mol. The summed E-state index contributed by atoms with van der Waals surface area (Å²) in [6.45, 7) is 0. The molecule has 0 fully saturated rings. The summed E-state index contributed by atoms with van der Waals surface area (Å²) in [7, 11) is -2.47. The Hall–Kier alpha value is -2.46. The van der Waals surface area contributed by atoms with Crippen LogP contribution in [0.4, 0.5) is 5.69 Å². The summed E-state index contributed by atoms with van der Waals surface area (Å²) in [5, 5.41) is 14.4. The van der Waals surface area contributed by atoms with Gasteiger partial charge in [0.15, 0.2) is 0 Å². The van der Waals surface area contributed by atoms with E-state index in [-0.39, 0.29) is 10.6 Å². The number of nitrogens with zero attached hydrogens (tertiary/aromatic N) is 2. The molecule has 0 aliphatic carbocycles. The number of sulfonamides is 1. The molecule has 2 aromatic carbocycles. The van der Waals surface area contributed by atoms with Crippen LogP contribution in [0.2, 0.25) is 0 Å². The lowest BCUT2D eigenvalue weighted by atomic mass is 10.2. The molecule has 0 saturated carbocycles. The van der Waals surface area contributed by atoms with Gasteiger partial charge in [-0.15, -0.1) is 0 Å². The van der Waals surface area contributed by atoms with E-state index in [1.54, 1.807) is 18.2 Å². The average Bonchev–Trinajstić information content (AvgIpc) is 2.55. The number of hydrogen-bond donors (Lipinski definition) is 1. The van der Waals surface area contributed by atoms with Gasteiger partial charge in [0.05, 0.1) is 27.6 Å². The van der Waals surface area contributed by atoms with Crippen molar-refractivity contribution in [1.29, 1.82) is 0 Å². The molecule has 126 valence electrons. The van der Waals surface area contributed by atoms with Crippen molar-refractivity contribution < 1.29 is 18.1 Å². The van der Waals surface area contributed by atoms with Gasteiger partial charge in [-0.3, -0.25) is 10.1 Å². The molecular formula is C14H12BrN3O5S. The van der Waals surface area contributed by atoms with E-state index in [0.29, 0.717) is 15.8 Å². The zero-order valence-corrected chi connectivity index (χ0v) is 14.7. The van der Waals surface area contributed by atoms with Gasteiger partial charge in [-0.05, 0) is 45.8 Å². The first-order chi connectivity index (χ1) is 11.3. The minimum atomic E-state index is -4.00. The second-order valence-corrected chi connectivity index (χ2v) is 7.02. The summed E-state index contributed by atoms with van der Waals surface area (Å²) in [4.78, 5) is 11.8. The van der Waals surface area contributed by atoms with E-state index in [1.165, 1.54) is 31.5 Å². The van der Waals surface area contributed by atoms with Gasteiger partial charge < -0.3 is 4.74 Å². The lowest BCUT2D eigenvalue weighted by Gasteiger charge is -2.04. The van der Waals surface area contributed by atoms with Gasteiger partial charge in [0, 0.05) is 12.1 Å². The Balaban J connectivity index is 2.16. The summed E-state index contributed by atoms with van der Waals surface area (Å²) in [5.41, 5.74) is 0.311. The highest BCUT2D eigenvalue weighted by atomic mass is 79.9. The number of ether oxygens (including phenoxy) is 1. The quantitative estimate of drug-likeness (QED) is 0.444. The van der Waals surface area contributed by atoms with Crippen molar-refractivity contribution in [3.63, 3.8) is 0 Å². The Morgan fingerprint density at radius 2 is 2.04 bits per heavy atom. The summed E-state index contributed by atoms with van der Waals surface area (Å²) >= 11 is 3.31. The number of nitrogens with one attached hydrogen (secondary N) is 1. The predicted molar refractivity (Wildman–Crippen MR) is 91.7 cm³/mol. The van der Waals surface area contributed by atoms with Crippen LogP contribution < -0.4 is 9.57 Å². The Labute approximate surface area is 146 Å². The number of rotatable bonds is 6. The molecule has 0 amide bonds. The molecule has 0 saturated heterocycles. The number of nitro benzene ring substituents is 1. The van der Waals surface area contributed by atoms with E-state index in [1.807, 2.05) is 4.83 Å². The Morgan fingerprint density at radius 3 is 2.67 bits per heavy atom. The normalized spacial score (nSPS) is 11.4. The lowest BCUT2D eigenvalue weighted by Crippen LogP contribution is -2.18. The Bertz CT molecular complexity index is 899. The molecule has 0 radical (unpaired) electrons. The maximum Gasteiger partial charge on any atom is 0.276 e. The first-order valence-electron chi connectivity index (χ1n) is 6.46. The molecule has 2 rings (SSSR count). The topological polar surface area (TPSA) is 111 Å². The van der Waals surface area contributed by atoms with Gasteiger partial charge >= 0.3 is 0 Å². The van der Waals surface area contributed by atoms with Crippen LogP contribution in [-0.4, -0.2) is 26.7 Å². The zero-order chi connectivity index (χ0) is 17.7. The van der Waals surface area contributed by atoms with Crippen molar-refractivity contribution in [2.24, 2.45) is 5.10 Å². The van der Waals surface area contributed by atoms with Crippen LogP contribution in [0.3, 0.4) is 0 Å². The second kappa shape index (κ2) is 7.41. The van der Waals surface area contributed by atoms with Crippen molar-refractivity contribution >= 4 is 37.9 Å². The van der Waals surface area contributed by atoms with E-state index in [9.17, 15) is 18.5 Å². The molecule has 0 unspecified atom stereocenters. The minimum Gasteiger partial charge on any atom is -0.496 e. The molecule has 1 N–H and O–H groups in total. The summed E-state index contributed by atoms with van der Waals surface area (Å²) in [6.07, 6.45) is 1.30. The molecule has 0 aliphatic rings. The van der Waals surface area contributed by atoms with Crippen molar-refractivity contribution in [3.05, 3.63) is 62.6 Å². The van der Waals surface area contributed by atoms with Crippen LogP contribution in [0.1, 0.15) is 5.56 Å². The number of benzene rings is 2.